The van der Waals surface area contributed by atoms with Gasteiger partial charge in [-0.25, -0.2) is 4.98 Å². The number of ether oxygens (including phenoxy) is 1. The third kappa shape index (κ3) is 5.11. The van der Waals surface area contributed by atoms with Crippen LogP contribution < -0.4 is 10.1 Å². The van der Waals surface area contributed by atoms with Gasteiger partial charge in [0.1, 0.15) is 5.75 Å². The van der Waals surface area contributed by atoms with E-state index in [1.165, 1.54) is 5.56 Å². The van der Waals surface area contributed by atoms with Crippen LogP contribution in [0.2, 0.25) is 0 Å². The Balaban J connectivity index is 1.47. The standard InChI is InChI=1S/C20H21N3O2/c1-15-2-6-17(7-3-15)19(24)13-22-12-16-4-8-18(9-5-16)25-20-14-21-10-11-23-20/h2-11,14,19,22,24H,12-13H2,1H3. The number of aromatic nitrogens is 2. The average Bonchev–Trinajstić information content (AvgIpc) is 2.64. The summed E-state index contributed by atoms with van der Waals surface area (Å²) in [7, 11) is 0. The Kier molecular flexibility index (Phi) is 5.72. The molecule has 0 saturated heterocycles. The van der Waals surface area contributed by atoms with Crippen LogP contribution in [0.1, 0.15) is 22.8 Å². The molecule has 3 aromatic rings. The van der Waals surface area contributed by atoms with Crippen molar-refractivity contribution in [3.05, 3.63) is 83.8 Å². The number of hydrogen-bond acceptors (Lipinski definition) is 5. The fraction of sp³-hybridized carbons (Fsp3) is 0.200. The van der Waals surface area contributed by atoms with E-state index in [2.05, 4.69) is 15.3 Å². The van der Waals surface area contributed by atoms with Crippen molar-refractivity contribution in [1.82, 2.24) is 15.3 Å². The van der Waals surface area contributed by atoms with E-state index in [0.717, 1.165) is 11.1 Å². The van der Waals surface area contributed by atoms with Crippen LogP contribution in [0.5, 0.6) is 11.6 Å². The van der Waals surface area contributed by atoms with Gasteiger partial charge in [0, 0.05) is 25.5 Å². The van der Waals surface area contributed by atoms with Gasteiger partial charge in [0.2, 0.25) is 5.88 Å². The normalized spacial score (nSPS) is 11.9. The molecule has 0 spiro atoms. The molecule has 5 heteroatoms. The molecule has 2 N–H and O–H groups in total. The maximum absolute atomic E-state index is 10.2. The van der Waals surface area contributed by atoms with E-state index in [0.29, 0.717) is 24.7 Å². The molecule has 25 heavy (non-hydrogen) atoms. The number of benzene rings is 2. The summed E-state index contributed by atoms with van der Waals surface area (Å²) in [5.74, 6) is 1.18. The Morgan fingerprint density at radius 3 is 2.48 bits per heavy atom. The number of aliphatic hydroxyl groups excluding tert-OH is 1. The number of aryl methyl sites for hydroxylation is 1. The first kappa shape index (κ1) is 17.1. The minimum absolute atomic E-state index is 0.467. The predicted octanol–water partition coefficient (Wildman–Crippen LogP) is 3.40. The van der Waals surface area contributed by atoms with Crippen molar-refractivity contribution in [2.75, 3.05) is 6.54 Å². The van der Waals surface area contributed by atoms with Crippen LogP contribution in [0, 0.1) is 6.92 Å². The van der Waals surface area contributed by atoms with Crippen molar-refractivity contribution in [1.29, 1.82) is 0 Å². The van der Waals surface area contributed by atoms with Crippen LogP contribution in [-0.2, 0) is 6.54 Å². The minimum Gasteiger partial charge on any atom is -0.438 e. The highest BCUT2D eigenvalue weighted by Gasteiger charge is 2.06. The summed E-state index contributed by atoms with van der Waals surface area (Å²) in [4.78, 5) is 8.04. The largest absolute Gasteiger partial charge is 0.438 e. The van der Waals surface area contributed by atoms with Gasteiger partial charge in [-0.15, -0.1) is 0 Å². The molecule has 2 aromatic carbocycles. The van der Waals surface area contributed by atoms with Crippen molar-refractivity contribution in [2.45, 2.75) is 19.6 Å². The number of hydrogen-bond donors (Lipinski definition) is 2. The molecule has 128 valence electrons. The molecule has 0 aliphatic heterocycles. The van der Waals surface area contributed by atoms with Crippen LogP contribution in [0.25, 0.3) is 0 Å². The smallest absolute Gasteiger partial charge is 0.237 e. The highest BCUT2D eigenvalue weighted by Crippen LogP contribution is 2.19. The molecule has 0 aliphatic carbocycles. The Hall–Kier alpha value is -2.76. The van der Waals surface area contributed by atoms with Gasteiger partial charge in [-0.05, 0) is 30.2 Å². The molecule has 1 aromatic heterocycles. The second-order valence-corrected chi connectivity index (χ2v) is 5.85. The van der Waals surface area contributed by atoms with Crippen molar-refractivity contribution in [3.8, 4) is 11.6 Å². The summed E-state index contributed by atoms with van der Waals surface area (Å²) in [6.45, 7) is 3.21. The zero-order valence-corrected chi connectivity index (χ0v) is 14.1. The van der Waals surface area contributed by atoms with Gasteiger partial charge in [-0.3, -0.25) is 4.98 Å². The van der Waals surface area contributed by atoms with E-state index in [1.807, 2.05) is 55.5 Å². The van der Waals surface area contributed by atoms with Gasteiger partial charge in [0.15, 0.2) is 0 Å². The van der Waals surface area contributed by atoms with Crippen molar-refractivity contribution >= 4 is 0 Å². The van der Waals surface area contributed by atoms with Crippen LogP contribution in [0.15, 0.2) is 67.1 Å². The van der Waals surface area contributed by atoms with E-state index < -0.39 is 6.10 Å². The summed E-state index contributed by atoms with van der Waals surface area (Å²) in [5.41, 5.74) is 3.22. The molecule has 3 rings (SSSR count). The number of rotatable bonds is 7. The van der Waals surface area contributed by atoms with Crippen LogP contribution in [-0.4, -0.2) is 21.6 Å². The highest BCUT2D eigenvalue weighted by atomic mass is 16.5. The molecule has 0 bridgehead atoms. The Labute approximate surface area is 147 Å². The maximum Gasteiger partial charge on any atom is 0.237 e. The molecule has 0 amide bonds. The molecular formula is C20H21N3O2. The van der Waals surface area contributed by atoms with Gasteiger partial charge < -0.3 is 15.2 Å². The van der Waals surface area contributed by atoms with E-state index in [-0.39, 0.29) is 0 Å². The van der Waals surface area contributed by atoms with E-state index in [9.17, 15) is 5.11 Å². The molecule has 1 atom stereocenters. The van der Waals surface area contributed by atoms with Crippen LogP contribution in [0.4, 0.5) is 0 Å². The van der Waals surface area contributed by atoms with Gasteiger partial charge in [0.05, 0.1) is 12.3 Å². The molecule has 0 radical (unpaired) electrons. The molecule has 1 heterocycles. The SMILES string of the molecule is Cc1ccc(C(O)CNCc2ccc(Oc3cnccn3)cc2)cc1. The summed E-state index contributed by atoms with van der Waals surface area (Å²) >= 11 is 0. The lowest BCUT2D eigenvalue weighted by atomic mass is 10.1. The summed E-state index contributed by atoms with van der Waals surface area (Å²) in [6, 6.07) is 15.7. The molecule has 0 aliphatic rings. The molecule has 0 fully saturated rings. The third-order valence-electron chi connectivity index (χ3n) is 3.81. The van der Waals surface area contributed by atoms with Gasteiger partial charge in [-0.2, -0.15) is 0 Å². The highest BCUT2D eigenvalue weighted by molar-refractivity contribution is 5.30. The second-order valence-electron chi connectivity index (χ2n) is 5.85. The summed E-state index contributed by atoms with van der Waals surface area (Å²) in [6.07, 6.45) is 4.25. The molecule has 0 saturated carbocycles. The van der Waals surface area contributed by atoms with Gasteiger partial charge in [-0.1, -0.05) is 42.0 Å². The number of nitrogens with one attached hydrogen (secondary N) is 1. The third-order valence-corrected chi connectivity index (χ3v) is 3.81. The Morgan fingerprint density at radius 1 is 1.04 bits per heavy atom. The summed E-state index contributed by atoms with van der Waals surface area (Å²) < 4.78 is 5.61. The Bertz CT molecular complexity index is 774. The number of nitrogens with zero attached hydrogens (tertiary/aromatic N) is 2. The average molecular weight is 335 g/mol. The van der Waals surface area contributed by atoms with E-state index >= 15 is 0 Å². The Morgan fingerprint density at radius 2 is 1.80 bits per heavy atom. The zero-order chi connectivity index (χ0) is 17.5. The first-order chi connectivity index (χ1) is 12.2. The minimum atomic E-state index is -0.514. The van der Waals surface area contributed by atoms with Gasteiger partial charge in [0.25, 0.3) is 0 Å². The van der Waals surface area contributed by atoms with Crippen molar-refractivity contribution in [3.63, 3.8) is 0 Å². The van der Waals surface area contributed by atoms with Crippen molar-refractivity contribution < 1.29 is 9.84 Å². The molecule has 5 nitrogen and oxygen atoms in total. The van der Waals surface area contributed by atoms with E-state index in [4.69, 9.17) is 4.74 Å². The predicted molar refractivity (Wildman–Crippen MR) is 96.4 cm³/mol. The fourth-order valence-electron chi connectivity index (χ4n) is 2.39. The topological polar surface area (TPSA) is 67.3 Å². The fourth-order valence-corrected chi connectivity index (χ4v) is 2.39. The number of aliphatic hydroxyl groups is 1. The lowest BCUT2D eigenvalue weighted by molar-refractivity contribution is 0.174. The molecular weight excluding hydrogens is 314 g/mol. The lowest BCUT2D eigenvalue weighted by Gasteiger charge is -2.13. The maximum atomic E-state index is 10.2. The lowest BCUT2D eigenvalue weighted by Crippen LogP contribution is -2.21. The van der Waals surface area contributed by atoms with Crippen LogP contribution in [0.3, 0.4) is 0 Å². The monoisotopic (exact) mass is 335 g/mol. The van der Waals surface area contributed by atoms with E-state index in [1.54, 1.807) is 18.6 Å². The van der Waals surface area contributed by atoms with Crippen LogP contribution >= 0.6 is 0 Å². The summed E-state index contributed by atoms with van der Waals surface area (Å²) in [5, 5.41) is 13.5. The first-order valence-corrected chi connectivity index (χ1v) is 8.19. The molecule has 1 unspecified atom stereocenters. The van der Waals surface area contributed by atoms with Gasteiger partial charge >= 0.3 is 0 Å². The van der Waals surface area contributed by atoms with Crippen molar-refractivity contribution in [2.24, 2.45) is 0 Å². The first-order valence-electron chi connectivity index (χ1n) is 8.19. The zero-order valence-electron chi connectivity index (χ0n) is 14.1. The second kappa shape index (κ2) is 8.37. The quantitative estimate of drug-likeness (QED) is 0.693.